The molecule has 0 rings (SSSR count). The number of thiol groups is 1. The summed E-state index contributed by atoms with van der Waals surface area (Å²) in [4.78, 5) is 0. The van der Waals surface area contributed by atoms with Crippen LogP contribution in [-0.4, -0.2) is 19.0 Å². The highest BCUT2D eigenvalue weighted by Crippen LogP contribution is 2.18. The number of hydrogen-bond acceptors (Lipinski definition) is 2. The smallest absolute Gasteiger partial charge is 0.0471 e. The van der Waals surface area contributed by atoms with Crippen molar-refractivity contribution >= 4 is 12.6 Å². The highest BCUT2D eigenvalue weighted by molar-refractivity contribution is 7.80. The fourth-order valence-electron chi connectivity index (χ4n) is 1.68. The van der Waals surface area contributed by atoms with Crippen LogP contribution in [0.3, 0.4) is 0 Å². The van der Waals surface area contributed by atoms with Gasteiger partial charge in [0, 0.05) is 13.2 Å². The van der Waals surface area contributed by atoms with Gasteiger partial charge >= 0.3 is 0 Å². The Morgan fingerprint density at radius 1 is 0.765 bits per heavy atom. The molecule has 0 aliphatic rings. The first-order valence-electron chi connectivity index (χ1n) is 7.25. The molecule has 17 heavy (non-hydrogen) atoms. The Morgan fingerprint density at radius 3 is 1.82 bits per heavy atom. The average molecular weight is 260 g/mol. The molecule has 0 amide bonds. The van der Waals surface area contributed by atoms with E-state index in [1.54, 1.807) is 0 Å². The Labute approximate surface area is 114 Å². The van der Waals surface area contributed by atoms with Crippen molar-refractivity contribution in [2.75, 3.05) is 19.0 Å². The largest absolute Gasteiger partial charge is 0.381 e. The van der Waals surface area contributed by atoms with E-state index in [0.29, 0.717) is 5.41 Å². The van der Waals surface area contributed by atoms with Crippen LogP contribution in [0, 0.1) is 5.41 Å². The Morgan fingerprint density at radius 2 is 1.29 bits per heavy atom. The van der Waals surface area contributed by atoms with Crippen molar-refractivity contribution in [2.24, 2.45) is 5.41 Å². The van der Waals surface area contributed by atoms with Crippen LogP contribution in [0.25, 0.3) is 0 Å². The van der Waals surface area contributed by atoms with Crippen molar-refractivity contribution in [3.8, 4) is 0 Å². The molecule has 0 aromatic rings. The summed E-state index contributed by atoms with van der Waals surface area (Å²) in [7, 11) is 0. The second-order valence-electron chi connectivity index (χ2n) is 6.12. The molecule has 0 bridgehead atoms. The fraction of sp³-hybridized carbons (Fsp3) is 1.00. The van der Waals surface area contributed by atoms with Crippen molar-refractivity contribution < 1.29 is 4.74 Å². The lowest BCUT2D eigenvalue weighted by molar-refractivity contribution is 0.105. The van der Waals surface area contributed by atoms with E-state index in [4.69, 9.17) is 4.74 Å². The molecular formula is C15H32OS. The van der Waals surface area contributed by atoms with Crippen LogP contribution in [0.5, 0.6) is 0 Å². The molecule has 0 unspecified atom stereocenters. The SMILES string of the molecule is CC(C)(C)CCOCCCCCCCCCS. The van der Waals surface area contributed by atoms with Gasteiger partial charge in [-0.05, 0) is 30.4 Å². The van der Waals surface area contributed by atoms with Crippen molar-refractivity contribution in [1.29, 1.82) is 0 Å². The quantitative estimate of drug-likeness (QED) is 0.402. The van der Waals surface area contributed by atoms with Gasteiger partial charge in [-0.3, -0.25) is 0 Å². The van der Waals surface area contributed by atoms with Crippen LogP contribution in [-0.2, 0) is 4.74 Å². The van der Waals surface area contributed by atoms with Gasteiger partial charge in [0.15, 0.2) is 0 Å². The van der Waals surface area contributed by atoms with Crippen molar-refractivity contribution in [1.82, 2.24) is 0 Å². The van der Waals surface area contributed by atoms with Crippen LogP contribution in [0.2, 0.25) is 0 Å². The Hall–Kier alpha value is 0.310. The molecule has 0 aromatic carbocycles. The van der Waals surface area contributed by atoms with Gasteiger partial charge in [-0.2, -0.15) is 12.6 Å². The van der Waals surface area contributed by atoms with Crippen molar-refractivity contribution in [3.05, 3.63) is 0 Å². The third kappa shape index (κ3) is 16.3. The number of unbranched alkanes of at least 4 members (excludes halogenated alkanes) is 6. The summed E-state index contributed by atoms with van der Waals surface area (Å²) < 4.78 is 5.64. The molecule has 0 saturated heterocycles. The third-order valence-electron chi connectivity index (χ3n) is 2.94. The first kappa shape index (κ1) is 17.3. The van der Waals surface area contributed by atoms with Crippen molar-refractivity contribution in [3.63, 3.8) is 0 Å². The molecule has 0 N–H and O–H groups in total. The first-order valence-corrected chi connectivity index (χ1v) is 7.88. The van der Waals surface area contributed by atoms with Gasteiger partial charge in [0.05, 0.1) is 0 Å². The van der Waals surface area contributed by atoms with Crippen LogP contribution >= 0.6 is 12.6 Å². The van der Waals surface area contributed by atoms with Gasteiger partial charge in [0.25, 0.3) is 0 Å². The number of ether oxygens (including phenoxy) is 1. The number of rotatable bonds is 11. The van der Waals surface area contributed by atoms with Crippen LogP contribution in [0.1, 0.15) is 72.1 Å². The predicted molar refractivity (Wildman–Crippen MR) is 81.1 cm³/mol. The maximum Gasteiger partial charge on any atom is 0.0471 e. The highest BCUT2D eigenvalue weighted by atomic mass is 32.1. The minimum absolute atomic E-state index is 0.410. The van der Waals surface area contributed by atoms with Gasteiger partial charge in [0.2, 0.25) is 0 Å². The summed E-state index contributed by atoms with van der Waals surface area (Å²) in [6.07, 6.45) is 10.5. The standard InChI is InChI=1S/C15H32OS/c1-15(2,3)11-13-16-12-9-7-5-4-6-8-10-14-17/h17H,4-14H2,1-3H3. The molecule has 0 fully saturated rings. The second-order valence-corrected chi connectivity index (χ2v) is 6.57. The molecular weight excluding hydrogens is 228 g/mol. The fourth-order valence-corrected chi connectivity index (χ4v) is 1.90. The summed E-state index contributed by atoms with van der Waals surface area (Å²) in [6, 6.07) is 0. The van der Waals surface area contributed by atoms with E-state index in [0.717, 1.165) is 25.4 Å². The predicted octanol–water partition coefficient (Wildman–Crippen LogP) is 5.10. The van der Waals surface area contributed by atoms with E-state index in [1.165, 1.54) is 44.9 Å². The van der Waals surface area contributed by atoms with Gasteiger partial charge < -0.3 is 4.74 Å². The molecule has 1 nitrogen and oxygen atoms in total. The van der Waals surface area contributed by atoms with E-state index in [-0.39, 0.29) is 0 Å². The topological polar surface area (TPSA) is 9.23 Å². The monoisotopic (exact) mass is 260 g/mol. The van der Waals surface area contributed by atoms with Crippen LogP contribution in [0.4, 0.5) is 0 Å². The summed E-state index contributed by atoms with van der Waals surface area (Å²) in [5, 5.41) is 0. The normalized spacial score (nSPS) is 12.0. The Bertz CT molecular complexity index is 151. The summed E-state index contributed by atoms with van der Waals surface area (Å²) in [6.45, 7) is 8.67. The van der Waals surface area contributed by atoms with E-state index in [9.17, 15) is 0 Å². The van der Waals surface area contributed by atoms with Crippen molar-refractivity contribution in [2.45, 2.75) is 72.1 Å². The second kappa shape index (κ2) is 11.4. The van der Waals surface area contributed by atoms with E-state index >= 15 is 0 Å². The first-order chi connectivity index (χ1) is 8.06. The number of hydrogen-bond donors (Lipinski definition) is 1. The molecule has 104 valence electrons. The Kier molecular flexibility index (Phi) is 11.6. The molecule has 0 aliphatic heterocycles. The zero-order valence-corrected chi connectivity index (χ0v) is 13.0. The highest BCUT2D eigenvalue weighted by Gasteiger charge is 2.08. The molecule has 0 aliphatic carbocycles. The molecule has 0 radical (unpaired) electrons. The van der Waals surface area contributed by atoms with E-state index < -0.39 is 0 Å². The average Bonchev–Trinajstić information content (AvgIpc) is 2.24. The lowest BCUT2D eigenvalue weighted by Gasteiger charge is -2.17. The molecule has 0 aromatic heterocycles. The van der Waals surface area contributed by atoms with E-state index in [1.807, 2.05) is 0 Å². The summed E-state index contributed by atoms with van der Waals surface area (Å²) >= 11 is 4.22. The molecule has 0 saturated carbocycles. The Balaban J connectivity index is 2.99. The van der Waals surface area contributed by atoms with Crippen LogP contribution in [0.15, 0.2) is 0 Å². The third-order valence-corrected chi connectivity index (χ3v) is 3.26. The zero-order valence-electron chi connectivity index (χ0n) is 12.1. The van der Waals surface area contributed by atoms with E-state index in [2.05, 4.69) is 33.4 Å². The zero-order chi connectivity index (χ0) is 13.0. The van der Waals surface area contributed by atoms with Gasteiger partial charge in [-0.15, -0.1) is 0 Å². The summed E-state index contributed by atoms with van der Waals surface area (Å²) in [5.74, 6) is 1.04. The maximum absolute atomic E-state index is 5.64. The lowest BCUT2D eigenvalue weighted by atomic mass is 9.93. The molecule has 0 spiro atoms. The lowest BCUT2D eigenvalue weighted by Crippen LogP contribution is -2.09. The minimum atomic E-state index is 0.410. The maximum atomic E-state index is 5.64. The summed E-state index contributed by atoms with van der Waals surface area (Å²) in [5.41, 5.74) is 0.410. The van der Waals surface area contributed by atoms with Gasteiger partial charge in [-0.1, -0.05) is 52.9 Å². The van der Waals surface area contributed by atoms with Gasteiger partial charge in [-0.25, -0.2) is 0 Å². The molecule has 0 heterocycles. The molecule has 2 heteroatoms. The van der Waals surface area contributed by atoms with Gasteiger partial charge in [0.1, 0.15) is 0 Å². The molecule has 0 atom stereocenters. The minimum Gasteiger partial charge on any atom is -0.381 e. The van der Waals surface area contributed by atoms with Crippen LogP contribution < -0.4 is 0 Å².